The zero-order chi connectivity index (χ0) is 12.8. The van der Waals surface area contributed by atoms with Gasteiger partial charge in [0.15, 0.2) is 0 Å². The van der Waals surface area contributed by atoms with Crippen molar-refractivity contribution < 1.29 is 5.11 Å². The number of hydrogen-bond acceptors (Lipinski definition) is 4. The molecule has 0 fully saturated rings. The molecule has 0 aliphatic rings. The fraction of sp³-hybridized carbons (Fsp3) is 0.357. The summed E-state index contributed by atoms with van der Waals surface area (Å²) in [5, 5.41) is 12.3. The highest BCUT2D eigenvalue weighted by Gasteiger charge is 1.99. The van der Waals surface area contributed by atoms with Crippen molar-refractivity contribution in [3.8, 4) is 0 Å². The average molecular weight is 279 g/mol. The molecule has 0 amide bonds. The summed E-state index contributed by atoms with van der Waals surface area (Å²) in [5.41, 5.74) is 3.49. The number of hydrogen-bond donors (Lipinski definition) is 1. The van der Waals surface area contributed by atoms with Crippen LogP contribution in [0.3, 0.4) is 0 Å². The predicted octanol–water partition coefficient (Wildman–Crippen LogP) is 3.42. The topological polar surface area (TPSA) is 33.1 Å². The van der Waals surface area contributed by atoms with Gasteiger partial charge in [0.25, 0.3) is 0 Å². The van der Waals surface area contributed by atoms with Gasteiger partial charge in [0, 0.05) is 11.1 Å². The van der Waals surface area contributed by atoms with Crippen molar-refractivity contribution >= 4 is 23.1 Å². The summed E-state index contributed by atoms with van der Waals surface area (Å²) in [4.78, 5) is 4.46. The predicted molar refractivity (Wildman–Crippen MR) is 79.1 cm³/mol. The number of thioether (sulfide) groups is 1. The quantitative estimate of drug-likeness (QED) is 0.823. The second-order valence-corrected chi connectivity index (χ2v) is 6.30. The van der Waals surface area contributed by atoms with Gasteiger partial charge in [-0.15, -0.1) is 11.3 Å². The van der Waals surface area contributed by atoms with E-state index in [1.807, 2.05) is 30.8 Å². The van der Waals surface area contributed by atoms with Crippen LogP contribution in [-0.2, 0) is 18.8 Å². The van der Waals surface area contributed by atoms with Gasteiger partial charge >= 0.3 is 0 Å². The second kappa shape index (κ2) is 6.92. The van der Waals surface area contributed by atoms with Gasteiger partial charge in [0.2, 0.25) is 0 Å². The van der Waals surface area contributed by atoms with E-state index in [1.54, 1.807) is 11.3 Å². The van der Waals surface area contributed by atoms with E-state index in [1.165, 1.54) is 11.3 Å². The number of aliphatic hydroxyl groups excluding tert-OH is 1. The number of aromatic nitrogens is 1. The highest BCUT2D eigenvalue weighted by molar-refractivity contribution is 7.98. The standard InChI is InChI=1S/C14H17NOS2/c1-11-15-14(10-18-11)6-7-17-9-13-4-2-12(8-16)3-5-13/h2-5,10,16H,6-9H2,1H3. The molecule has 96 valence electrons. The van der Waals surface area contributed by atoms with E-state index in [-0.39, 0.29) is 6.61 Å². The van der Waals surface area contributed by atoms with Crippen molar-refractivity contribution in [2.75, 3.05) is 5.75 Å². The first kappa shape index (κ1) is 13.6. The molecule has 0 saturated heterocycles. The van der Waals surface area contributed by atoms with Gasteiger partial charge in [0.05, 0.1) is 17.3 Å². The Morgan fingerprint density at radius 1 is 1.22 bits per heavy atom. The van der Waals surface area contributed by atoms with E-state index in [4.69, 9.17) is 5.11 Å². The Morgan fingerprint density at radius 3 is 2.56 bits per heavy atom. The second-order valence-electron chi connectivity index (χ2n) is 4.14. The van der Waals surface area contributed by atoms with Crippen LogP contribution in [-0.4, -0.2) is 15.8 Å². The fourth-order valence-corrected chi connectivity index (χ4v) is 3.20. The summed E-state index contributed by atoms with van der Waals surface area (Å²) in [6.07, 6.45) is 1.05. The third-order valence-corrected chi connectivity index (χ3v) is 4.50. The summed E-state index contributed by atoms with van der Waals surface area (Å²) in [6, 6.07) is 8.15. The third kappa shape index (κ3) is 4.12. The highest BCUT2D eigenvalue weighted by Crippen LogP contribution is 2.16. The lowest BCUT2D eigenvalue weighted by molar-refractivity contribution is 0.282. The summed E-state index contributed by atoms with van der Waals surface area (Å²) in [5.74, 6) is 2.12. The summed E-state index contributed by atoms with van der Waals surface area (Å²) in [6.45, 7) is 2.17. The van der Waals surface area contributed by atoms with E-state index in [2.05, 4.69) is 22.5 Å². The third-order valence-electron chi connectivity index (χ3n) is 2.64. The van der Waals surface area contributed by atoms with Crippen LogP contribution in [0.15, 0.2) is 29.6 Å². The van der Waals surface area contributed by atoms with Gasteiger partial charge in [-0.05, 0) is 30.2 Å². The van der Waals surface area contributed by atoms with E-state index in [9.17, 15) is 0 Å². The largest absolute Gasteiger partial charge is 0.392 e. The first-order valence-electron chi connectivity index (χ1n) is 5.95. The minimum atomic E-state index is 0.122. The summed E-state index contributed by atoms with van der Waals surface area (Å²) in [7, 11) is 0. The van der Waals surface area contributed by atoms with Gasteiger partial charge < -0.3 is 5.11 Å². The zero-order valence-electron chi connectivity index (χ0n) is 10.4. The monoisotopic (exact) mass is 279 g/mol. The smallest absolute Gasteiger partial charge is 0.0897 e. The zero-order valence-corrected chi connectivity index (χ0v) is 12.1. The number of thiazole rings is 1. The molecule has 0 unspecified atom stereocenters. The molecule has 18 heavy (non-hydrogen) atoms. The molecule has 4 heteroatoms. The van der Waals surface area contributed by atoms with Crippen LogP contribution in [0, 0.1) is 6.92 Å². The Bertz CT molecular complexity index is 479. The molecule has 0 radical (unpaired) electrons. The minimum absolute atomic E-state index is 0.122. The Kier molecular flexibility index (Phi) is 5.23. The number of benzene rings is 1. The van der Waals surface area contributed by atoms with Gasteiger partial charge in [-0.1, -0.05) is 24.3 Å². The van der Waals surface area contributed by atoms with E-state index < -0.39 is 0 Å². The summed E-state index contributed by atoms with van der Waals surface area (Å²) >= 11 is 3.64. The molecule has 1 aromatic carbocycles. The number of rotatable bonds is 6. The minimum Gasteiger partial charge on any atom is -0.392 e. The van der Waals surface area contributed by atoms with Crippen molar-refractivity contribution in [3.05, 3.63) is 51.5 Å². The first-order chi connectivity index (χ1) is 8.78. The molecule has 0 bridgehead atoms. The number of nitrogens with zero attached hydrogens (tertiary/aromatic N) is 1. The molecule has 1 aromatic heterocycles. The maximum Gasteiger partial charge on any atom is 0.0897 e. The lowest BCUT2D eigenvalue weighted by atomic mass is 10.2. The average Bonchev–Trinajstić information content (AvgIpc) is 2.81. The molecular weight excluding hydrogens is 262 g/mol. The first-order valence-corrected chi connectivity index (χ1v) is 7.99. The van der Waals surface area contributed by atoms with Crippen molar-refractivity contribution in [3.63, 3.8) is 0 Å². The number of aliphatic hydroxyl groups is 1. The Labute approximate surface area is 116 Å². The molecule has 0 spiro atoms. The van der Waals surface area contributed by atoms with Crippen LogP contribution in [0.4, 0.5) is 0 Å². The van der Waals surface area contributed by atoms with Gasteiger partial charge in [0.1, 0.15) is 0 Å². The van der Waals surface area contributed by atoms with Crippen molar-refractivity contribution in [1.29, 1.82) is 0 Å². The molecule has 2 nitrogen and oxygen atoms in total. The molecule has 1 heterocycles. The SMILES string of the molecule is Cc1nc(CCSCc2ccc(CO)cc2)cs1. The Balaban J connectivity index is 1.71. The highest BCUT2D eigenvalue weighted by atomic mass is 32.2. The Hall–Kier alpha value is -0.840. The van der Waals surface area contributed by atoms with Crippen LogP contribution >= 0.6 is 23.1 Å². The van der Waals surface area contributed by atoms with E-state index >= 15 is 0 Å². The van der Waals surface area contributed by atoms with Crippen LogP contribution in [0.25, 0.3) is 0 Å². The molecule has 0 aliphatic carbocycles. The molecule has 0 atom stereocenters. The van der Waals surface area contributed by atoms with Crippen molar-refractivity contribution in [2.24, 2.45) is 0 Å². The fourth-order valence-electron chi connectivity index (χ4n) is 1.63. The van der Waals surface area contributed by atoms with Gasteiger partial charge in [-0.2, -0.15) is 11.8 Å². The van der Waals surface area contributed by atoms with E-state index in [0.29, 0.717) is 0 Å². The molecule has 2 aromatic rings. The number of aryl methyl sites for hydroxylation is 2. The van der Waals surface area contributed by atoms with Crippen LogP contribution < -0.4 is 0 Å². The maximum absolute atomic E-state index is 8.96. The van der Waals surface area contributed by atoms with Crippen molar-refractivity contribution in [2.45, 2.75) is 25.7 Å². The molecule has 1 N–H and O–H groups in total. The molecule has 0 saturated carbocycles. The Morgan fingerprint density at radius 2 is 1.94 bits per heavy atom. The van der Waals surface area contributed by atoms with Crippen LogP contribution in [0.5, 0.6) is 0 Å². The molecular formula is C14H17NOS2. The van der Waals surface area contributed by atoms with Gasteiger partial charge in [-0.25, -0.2) is 4.98 Å². The summed E-state index contributed by atoms with van der Waals surface area (Å²) < 4.78 is 0. The molecule has 2 rings (SSSR count). The van der Waals surface area contributed by atoms with E-state index in [0.717, 1.165) is 28.5 Å². The van der Waals surface area contributed by atoms with Crippen molar-refractivity contribution in [1.82, 2.24) is 4.98 Å². The molecule has 0 aliphatic heterocycles. The lowest BCUT2D eigenvalue weighted by Crippen LogP contribution is -1.90. The lowest BCUT2D eigenvalue weighted by Gasteiger charge is -2.02. The van der Waals surface area contributed by atoms with Crippen LogP contribution in [0.1, 0.15) is 21.8 Å². The van der Waals surface area contributed by atoms with Crippen LogP contribution in [0.2, 0.25) is 0 Å². The maximum atomic E-state index is 8.96. The van der Waals surface area contributed by atoms with Gasteiger partial charge in [-0.3, -0.25) is 0 Å². The normalized spacial score (nSPS) is 10.8.